The number of carbonyl (C=O) groups is 1. The van der Waals surface area contributed by atoms with Crippen LogP contribution < -0.4 is 10.4 Å². The third-order valence-electron chi connectivity index (χ3n) is 4.51. The first kappa shape index (κ1) is 22.1. The number of Topliss-reactive ketones (excluding diaryl/α,β-unsaturated/α-hetero) is 1. The Morgan fingerprint density at radius 1 is 0.969 bits per heavy atom. The van der Waals surface area contributed by atoms with Crippen LogP contribution in [0.25, 0.3) is 10.9 Å². The first-order valence-electron chi connectivity index (χ1n) is 9.36. The molecular formula is C22H16ClN3O4S2. The molecule has 1 N–H and O–H groups in total. The number of ketones is 1. The molecule has 32 heavy (non-hydrogen) atoms. The van der Waals surface area contributed by atoms with Crippen molar-refractivity contribution in [2.45, 2.75) is 10.1 Å². The summed E-state index contributed by atoms with van der Waals surface area (Å²) in [5.74, 6) is -0.206. The molecule has 10 heteroatoms. The molecule has 0 radical (unpaired) electrons. The first-order chi connectivity index (χ1) is 15.3. The predicted molar refractivity (Wildman–Crippen MR) is 125 cm³/mol. The van der Waals surface area contributed by atoms with Gasteiger partial charge in [0, 0.05) is 10.6 Å². The molecule has 0 atom stereocenters. The minimum atomic E-state index is -4.12. The van der Waals surface area contributed by atoms with E-state index in [1.165, 1.54) is 24.3 Å². The van der Waals surface area contributed by atoms with Crippen LogP contribution in [0.5, 0.6) is 0 Å². The zero-order chi connectivity index (χ0) is 22.7. The second-order valence-electron chi connectivity index (χ2n) is 6.68. The van der Waals surface area contributed by atoms with Crippen LogP contribution in [0.4, 0.5) is 0 Å². The van der Waals surface area contributed by atoms with E-state index in [-0.39, 0.29) is 27.0 Å². The van der Waals surface area contributed by atoms with Crippen molar-refractivity contribution >= 4 is 50.1 Å². The SMILES string of the molecule is O=C(CSc1nc2ccccc2c(=O)n1NS(=O)(=O)c1ccc(Cl)cc1)c1ccccc1. The summed E-state index contributed by atoms with van der Waals surface area (Å²) in [5.41, 5.74) is 0.313. The number of para-hydroxylation sites is 1. The van der Waals surface area contributed by atoms with Crippen LogP contribution in [-0.2, 0) is 10.0 Å². The van der Waals surface area contributed by atoms with Crippen LogP contribution in [0.1, 0.15) is 10.4 Å². The predicted octanol–water partition coefficient (Wildman–Crippen LogP) is 3.96. The van der Waals surface area contributed by atoms with Crippen LogP contribution in [0.15, 0.2) is 93.7 Å². The number of nitrogens with zero attached hydrogens (tertiary/aromatic N) is 2. The monoisotopic (exact) mass is 485 g/mol. The van der Waals surface area contributed by atoms with Crippen molar-refractivity contribution in [2.24, 2.45) is 0 Å². The van der Waals surface area contributed by atoms with Gasteiger partial charge in [0.2, 0.25) is 0 Å². The minimum Gasteiger partial charge on any atom is -0.293 e. The summed E-state index contributed by atoms with van der Waals surface area (Å²) >= 11 is 6.82. The Morgan fingerprint density at radius 2 is 1.62 bits per heavy atom. The molecule has 0 fully saturated rings. The van der Waals surface area contributed by atoms with Crippen LogP contribution in [0.3, 0.4) is 0 Å². The molecule has 4 aromatic rings. The molecule has 0 unspecified atom stereocenters. The molecule has 0 aliphatic carbocycles. The van der Waals surface area contributed by atoms with Gasteiger partial charge in [0.15, 0.2) is 10.9 Å². The minimum absolute atomic E-state index is 0.0303. The second-order valence-corrected chi connectivity index (χ2v) is 9.72. The van der Waals surface area contributed by atoms with E-state index in [9.17, 15) is 18.0 Å². The van der Waals surface area contributed by atoms with E-state index in [0.29, 0.717) is 16.1 Å². The van der Waals surface area contributed by atoms with Gasteiger partial charge in [-0.3, -0.25) is 9.59 Å². The molecule has 4 rings (SSSR count). The molecule has 1 aromatic heterocycles. The van der Waals surface area contributed by atoms with Crippen molar-refractivity contribution < 1.29 is 13.2 Å². The molecule has 7 nitrogen and oxygen atoms in total. The number of benzene rings is 3. The lowest BCUT2D eigenvalue weighted by atomic mass is 10.2. The molecule has 0 amide bonds. The molecule has 0 saturated heterocycles. The Labute approximate surface area is 193 Å². The largest absolute Gasteiger partial charge is 0.293 e. The third kappa shape index (κ3) is 4.69. The molecule has 1 heterocycles. The zero-order valence-electron chi connectivity index (χ0n) is 16.4. The number of carbonyl (C=O) groups excluding carboxylic acids is 1. The third-order valence-corrected chi connectivity index (χ3v) is 7.01. The number of nitrogens with one attached hydrogen (secondary N) is 1. The van der Waals surface area contributed by atoms with E-state index < -0.39 is 15.6 Å². The highest BCUT2D eigenvalue weighted by Crippen LogP contribution is 2.20. The number of halogens is 1. The molecule has 0 spiro atoms. The normalized spacial score (nSPS) is 11.4. The van der Waals surface area contributed by atoms with E-state index >= 15 is 0 Å². The van der Waals surface area contributed by atoms with Gasteiger partial charge in [-0.1, -0.05) is 65.8 Å². The van der Waals surface area contributed by atoms with Gasteiger partial charge in [0.25, 0.3) is 15.6 Å². The van der Waals surface area contributed by atoms with Crippen LogP contribution >= 0.6 is 23.4 Å². The number of hydrogen-bond donors (Lipinski definition) is 1. The van der Waals surface area contributed by atoms with Crippen molar-refractivity contribution in [3.8, 4) is 0 Å². The summed E-state index contributed by atoms with van der Waals surface area (Å²) in [5, 5.41) is 0.671. The Bertz CT molecular complexity index is 1450. The molecule has 0 aliphatic rings. The average Bonchev–Trinajstić information content (AvgIpc) is 2.80. The smallest absolute Gasteiger partial charge is 0.281 e. The fourth-order valence-electron chi connectivity index (χ4n) is 2.91. The maximum atomic E-state index is 13.1. The van der Waals surface area contributed by atoms with E-state index in [0.717, 1.165) is 16.4 Å². The quantitative estimate of drug-likeness (QED) is 0.242. The lowest BCUT2D eigenvalue weighted by molar-refractivity contribution is 0.102. The summed E-state index contributed by atoms with van der Waals surface area (Å²) in [6, 6.07) is 20.8. The van der Waals surface area contributed by atoms with E-state index in [1.54, 1.807) is 54.6 Å². The van der Waals surface area contributed by atoms with Crippen molar-refractivity contribution in [1.82, 2.24) is 9.66 Å². The topological polar surface area (TPSA) is 98.1 Å². The van der Waals surface area contributed by atoms with Gasteiger partial charge in [-0.05, 0) is 36.4 Å². The van der Waals surface area contributed by atoms with Crippen molar-refractivity contribution in [3.05, 3.63) is 99.8 Å². The van der Waals surface area contributed by atoms with Crippen molar-refractivity contribution in [3.63, 3.8) is 0 Å². The lowest BCUT2D eigenvalue weighted by Gasteiger charge is -2.15. The molecular weight excluding hydrogens is 470 g/mol. The van der Waals surface area contributed by atoms with Crippen LogP contribution in [-0.4, -0.2) is 29.6 Å². The highest BCUT2D eigenvalue weighted by atomic mass is 35.5. The highest BCUT2D eigenvalue weighted by Gasteiger charge is 2.20. The number of fused-ring (bicyclic) bond motifs is 1. The van der Waals surface area contributed by atoms with Gasteiger partial charge in [-0.2, -0.15) is 13.1 Å². The number of thioether (sulfide) groups is 1. The Balaban J connectivity index is 1.73. The molecule has 0 bridgehead atoms. The molecule has 3 aromatic carbocycles. The average molecular weight is 486 g/mol. The lowest BCUT2D eigenvalue weighted by Crippen LogP contribution is -2.35. The summed E-state index contributed by atoms with van der Waals surface area (Å²) in [7, 11) is -4.12. The van der Waals surface area contributed by atoms with Gasteiger partial charge in [0.05, 0.1) is 21.6 Å². The number of hydrogen-bond acceptors (Lipinski definition) is 6. The standard InChI is InChI=1S/C22H16ClN3O4S2/c23-16-10-12-17(13-11-16)32(29,30)25-26-21(28)18-8-4-5-9-19(18)24-22(26)31-14-20(27)15-6-2-1-3-7-15/h1-13,25H,14H2. The highest BCUT2D eigenvalue weighted by molar-refractivity contribution is 7.99. The van der Waals surface area contributed by atoms with E-state index in [2.05, 4.69) is 9.82 Å². The summed E-state index contributed by atoms with van der Waals surface area (Å²) in [6.45, 7) is 0. The van der Waals surface area contributed by atoms with Crippen molar-refractivity contribution in [1.29, 1.82) is 0 Å². The van der Waals surface area contributed by atoms with Crippen LogP contribution in [0.2, 0.25) is 5.02 Å². The van der Waals surface area contributed by atoms with Gasteiger partial charge in [-0.15, -0.1) is 0 Å². The van der Waals surface area contributed by atoms with Gasteiger partial charge in [0.1, 0.15) is 0 Å². The Hall–Kier alpha value is -3.14. The zero-order valence-corrected chi connectivity index (χ0v) is 18.8. The number of aromatic nitrogens is 2. The first-order valence-corrected chi connectivity index (χ1v) is 12.2. The summed E-state index contributed by atoms with van der Waals surface area (Å²) in [6.07, 6.45) is 0. The maximum Gasteiger partial charge on any atom is 0.281 e. The van der Waals surface area contributed by atoms with E-state index in [4.69, 9.17) is 11.6 Å². The number of rotatable bonds is 7. The Morgan fingerprint density at radius 3 is 2.34 bits per heavy atom. The fourth-order valence-corrected chi connectivity index (χ4v) is 4.95. The van der Waals surface area contributed by atoms with Crippen LogP contribution in [0, 0.1) is 0 Å². The van der Waals surface area contributed by atoms with Gasteiger partial charge < -0.3 is 0 Å². The fraction of sp³-hybridized carbons (Fsp3) is 0.0455. The molecule has 0 saturated carbocycles. The summed E-state index contributed by atoms with van der Waals surface area (Å²) in [4.78, 5) is 32.3. The van der Waals surface area contributed by atoms with Crippen molar-refractivity contribution in [2.75, 3.05) is 10.6 Å². The molecule has 0 aliphatic heterocycles. The summed E-state index contributed by atoms with van der Waals surface area (Å²) < 4.78 is 26.6. The van der Waals surface area contributed by atoms with Gasteiger partial charge in [-0.25, -0.2) is 9.82 Å². The van der Waals surface area contributed by atoms with Gasteiger partial charge >= 0.3 is 0 Å². The number of sulfonamides is 1. The van der Waals surface area contributed by atoms with E-state index in [1.807, 2.05) is 0 Å². The maximum absolute atomic E-state index is 13.1. The Kier molecular flexibility index (Phi) is 6.31. The molecule has 162 valence electrons. The second kappa shape index (κ2) is 9.15.